The standard InChI is InChI=1S/C21H21Cl2N5O/c1-14-11-20(28(26-14)18-4-2-3-16(22)12-18)25-21(29)15-7-9-27(10-8-15)19-6-5-17(23)13-24-19/h2-6,11-13,15H,7-10H2,1H3,(H,25,29). The second kappa shape index (κ2) is 8.43. The lowest BCUT2D eigenvalue weighted by Gasteiger charge is -2.32. The fourth-order valence-corrected chi connectivity index (χ4v) is 3.84. The van der Waals surface area contributed by atoms with Crippen molar-refractivity contribution in [3.63, 3.8) is 0 Å². The lowest BCUT2D eigenvalue weighted by molar-refractivity contribution is -0.120. The molecule has 0 saturated carbocycles. The summed E-state index contributed by atoms with van der Waals surface area (Å²) in [4.78, 5) is 19.4. The minimum Gasteiger partial charge on any atom is -0.357 e. The zero-order valence-corrected chi connectivity index (χ0v) is 17.5. The minimum atomic E-state index is -0.0541. The van der Waals surface area contributed by atoms with E-state index < -0.39 is 0 Å². The summed E-state index contributed by atoms with van der Waals surface area (Å²) in [6, 6.07) is 13.0. The Morgan fingerprint density at radius 3 is 2.59 bits per heavy atom. The van der Waals surface area contributed by atoms with Crippen molar-refractivity contribution >= 4 is 40.7 Å². The average Bonchev–Trinajstić information content (AvgIpc) is 3.09. The van der Waals surface area contributed by atoms with Crippen LogP contribution in [-0.4, -0.2) is 33.8 Å². The van der Waals surface area contributed by atoms with Crippen LogP contribution in [0.4, 0.5) is 11.6 Å². The van der Waals surface area contributed by atoms with Gasteiger partial charge in [0.15, 0.2) is 0 Å². The van der Waals surface area contributed by atoms with Gasteiger partial charge in [-0.2, -0.15) is 5.10 Å². The van der Waals surface area contributed by atoms with Crippen LogP contribution in [0.1, 0.15) is 18.5 Å². The number of rotatable bonds is 4. The molecule has 1 aromatic carbocycles. The molecule has 6 nitrogen and oxygen atoms in total. The third kappa shape index (κ3) is 4.54. The van der Waals surface area contributed by atoms with Crippen molar-refractivity contribution in [2.75, 3.05) is 23.3 Å². The van der Waals surface area contributed by atoms with Crippen molar-refractivity contribution in [3.05, 3.63) is 64.4 Å². The quantitative estimate of drug-likeness (QED) is 0.650. The number of pyridine rings is 1. The van der Waals surface area contributed by atoms with Crippen LogP contribution in [-0.2, 0) is 4.79 Å². The molecule has 0 radical (unpaired) electrons. The van der Waals surface area contributed by atoms with Crippen molar-refractivity contribution in [3.8, 4) is 5.69 Å². The lowest BCUT2D eigenvalue weighted by atomic mass is 9.96. The molecule has 1 N–H and O–H groups in total. The van der Waals surface area contributed by atoms with E-state index in [1.165, 1.54) is 0 Å². The first-order valence-corrected chi connectivity index (χ1v) is 10.2. The fraction of sp³-hybridized carbons (Fsp3) is 0.286. The van der Waals surface area contributed by atoms with Gasteiger partial charge in [-0.15, -0.1) is 0 Å². The first-order chi connectivity index (χ1) is 14.0. The summed E-state index contributed by atoms with van der Waals surface area (Å²) in [5.41, 5.74) is 1.63. The molecule has 1 fully saturated rings. The van der Waals surface area contributed by atoms with E-state index in [2.05, 4.69) is 20.3 Å². The number of hydrogen-bond donors (Lipinski definition) is 1. The molecule has 4 rings (SSSR count). The molecular formula is C21H21Cl2N5O. The third-order valence-electron chi connectivity index (χ3n) is 5.04. The number of nitrogens with zero attached hydrogens (tertiary/aromatic N) is 4. The number of carbonyl (C=O) groups excluding carboxylic acids is 1. The Kier molecular flexibility index (Phi) is 5.74. The van der Waals surface area contributed by atoms with E-state index in [1.807, 2.05) is 49.4 Å². The number of carbonyl (C=O) groups is 1. The smallest absolute Gasteiger partial charge is 0.228 e. The molecule has 1 aliphatic rings. The van der Waals surface area contributed by atoms with Crippen molar-refractivity contribution in [1.82, 2.24) is 14.8 Å². The van der Waals surface area contributed by atoms with Gasteiger partial charge in [0.25, 0.3) is 0 Å². The second-order valence-corrected chi connectivity index (χ2v) is 8.02. The van der Waals surface area contributed by atoms with Gasteiger partial charge in [0.2, 0.25) is 5.91 Å². The predicted octanol–water partition coefficient (Wildman–Crippen LogP) is 4.74. The number of hydrogen-bond acceptors (Lipinski definition) is 4. The van der Waals surface area contributed by atoms with Gasteiger partial charge < -0.3 is 10.2 Å². The normalized spacial score (nSPS) is 14.8. The van der Waals surface area contributed by atoms with Crippen LogP contribution in [0.2, 0.25) is 10.0 Å². The number of halogens is 2. The lowest BCUT2D eigenvalue weighted by Crippen LogP contribution is -2.38. The van der Waals surface area contributed by atoms with Crippen molar-refractivity contribution in [2.24, 2.45) is 5.92 Å². The van der Waals surface area contributed by atoms with E-state index in [4.69, 9.17) is 23.2 Å². The number of anilines is 2. The van der Waals surface area contributed by atoms with E-state index in [0.717, 1.165) is 43.1 Å². The molecule has 3 aromatic rings. The Bertz CT molecular complexity index is 1010. The molecule has 150 valence electrons. The van der Waals surface area contributed by atoms with Crippen molar-refractivity contribution in [1.29, 1.82) is 0 Å². The van der Waals surface area contributed by atoms with Gasteiger partial charge >= 0.3 is 0 Å². The average molecular weight is 430 g/mol. The van der Waals surface area contributed by atoms with Crippen LogP contribution < -0.4 is 10.2 Å². The van der Waals surface area contributed by atoms with E-state index >= 15 is 0 Å². The highest BCUT2D eigenvalue weighted by molar-refractivity contribution is 6.30. The van der Waals surface area contributed by atoms with E-state index in [1.54, 1.807) is 10.9 Å². The summed E-state index contributed by atoms with van der Waals surface area (Å²) < 4.78 is 1.71. The summed E-state index contributed by atoms with van der Waals surface area (Å²) in [7, 11) is 0. The fourth-order valence-electron chi connectivity index (χ4n) is 3.55. The molecule has 0 atom stereocenters. The first-order valence-electron chi connectivity index (χ1n) is 9.49. The van der Waals surface area contributed by atoms with Crippen LogP contribution in [0.5, 0.6) is 0 Å². The summed E-state index contributed by atoms with van der Waals surface area (Å²) in [6.07, 6.45) is 3.18. The first kappa shape index (κ1) is 19.7. The Hall–Kier alpha value is -2.57. The molecule has 1 saturated heterocycles. The van der Waals surface area contributed by atoms with Gasteiger partial charge in [-0.25, -0.2) is 9.67 Å². The molecular weight excluding hydrogens is 409 g/mol. The maximum Gasteiger partial charge on any atom is 0.228 e. The Morgan fingerprint density at radius 2 is 1.90 bits per heavy atom. The van der Waals surface area contributed by atoms with Gasteiger partial charge in [-0.3, -0.25) is 4.79 Å². The van der Waals surface area contributed by atoms with Crippen molar-refractivity contribution in [2.45, 2.75) is 19.8 Å². The molecule has 8 heteroatoms. The number of aromatic nitrogens is 3. The zero-order chi connectivity index (χ0) is 20.4. The van der Waals surface area contributed by atoms with E-state index in [9.17, 15) is 4.79 Å². The van der Waals surface area contributed by atoms with Crippen LogP contribution in [0, 0.1) is 12.8 Å². The van der Waals surface area contributed by atoms with Crippen LogP contribution in [0.15, 0.2) is 48.7 Å². The highest BCUT2D eigenvalue weighted by Gasteiger charge is 2.26. The van der Waals surface area contributed by atoms with Gasteiger partial charge in [-0.05, 0) is 50.1 Å². The maximum atomic E-state index is 12.9. The van der Waals surface area contributed by atoms with Gasteiger partial charge in [0.1, 0.15) is 11.6 Å². The van der Waals surface area contributed by atoms with Gasteiger partial charge in [0, 0.05) is 36.3 Å². The third-order valence-corrected chi connectivity index (χ3v) is 5.50. The minimum absolute atomic E-state index is 0.0110. The number of piperidine rings is 1. The molecule has 1 amide bonds. The summed E-state index contributed by atoms with van der Waals surface area (Å²) in [6.45, 7) is 3.45. The van der Waals surface area contributed by atoms with Crippen LogP contribution >= 0.6 is 23.2 Å². The summed E-state index contributed by atoms with van der Waals surface area (Å²) in [5.74, 6) is 1.50. The Balaban J connectivity index is 1.42. The Labute approximate surface area is 179 Å². The monoisotopic (exact) mass is 429 g/mol. The highest BCUT2D eigenvalue weighted by atomic mass is 35.5. The molecule has 0 bridgehead atoms. The summed E-state index contributed by atoms with van der Waals surface area (Å²) in [5, 5.41) is 8.78. The van der Waals surface area contributed by atoms with Gasteiger partial charge in [0.05, 0.1) is 16.4 Å². The van der Waals surface area contributed by atoms with Crippen LogP contribution in [0.3, 0.4) is 0 Å². The topological polar surface area (TPSA) is 63.1 Å². The Morgan fingerprint density at radius 1 is 1.10 bits per heavy atom. The summed E-state index contributed by atoms with van der Waals surface area (Å²) >= 11 is 12.0. The van der Waals surface area contributed by atoms with E-state index in [0.29, 0.717) is 15.9 Å². The van der Waals surface area contributed by atoms with Crippen molar-refractivity contribution < 1.29 is 4.79 Å². The highest BCUT2D eigenvalue weighted by Crippen LogP contribution is 2.25. The maximum absolute atomic E-state index is 12.9. The molecule has 2 aromatic heterocycles. The van der Waals surface area contributed by atoms with Crippen LogP contribution in [0.25, 0.3) is 5.69 Å². The SMILES string of the molecule is Cc1cc(NC(=O)C2CCN(c3ccc(Cl)cn3)CC2)n(-c2cccc(Cl)c2)n1. The number of amides is 1. The molecule has 29 heavy (non-hydrogen) atoms. The molecule has 3 heterocycles. The molecule has 0 unspecified atom stereocenters. The largest absolute Gasteiger partial charge is 0.357 e. The number of nitrogens with one attached hydrogen (secondary N) is 1. The zero-order valence-electron chi connectivity index (χ0n) is 16.0. The molecule has 0 aliphatic carbocycles. The van der Waals surface area contributed by atoms with Gasteiger partial charge in [-0.1, -0.05) is 29.3 Å². The number of aryl methyl sites for hydroxylation is 1. The molecule has 0 spiro atoms. The predicted molar refractivity (Wildman–Crippen MR) is 116 cm³/mol. The number of benzene rings is 1. The van der Waals surface area contributed by atoms with E-state index in [-0.39, 0.29) is 11.8 Å². The second-order valence-electron chi connectivity index (χ2n) is 7.15. The molecule has 1 aliphatic heterocycles.